The Labute approximate surface area is 447 Å². The molecule has 1 saturated heterocycles. The number of nitrogens with two attached hydrogens (primary N) is 1. The summed E-state index contributed by atoms with van der Waals surface area (Å²) in [4.78, 5) is 37.5. The maximum Gasteiger partial charge on any atom is 0.410 e. The summed E-state index contributed by atoms with van der Waals surface area (Å²) in [6.07, 6.45) is -1.41. The number of aromatic nitrogens is 6. The van der Waals surface area contributed by atoms with Crippen molar-refractivity contribution in [2.45, 2.75) is 88.2 Å². The van der Waals surface area contributed by atoms with E-state index in [1.807, 2.05) is 12.1 Å². The lowest BCUT2D eigenvalue weighted by Gasteiger charge is -2.41. The van der Waals surface area contributed by atoms with Gasteiger partial charge in [0.05, 0.1) is 50.5 Å². The van der Waals surface area contributed by atoms with Gasteiger partial charge in [-0.15, -0.1) is 10.2 Å². The van der Waals surface area contributed by atoms with Gasteiger partial charge in [0, 0.05) is 44.8 Å². The number of sulfonamides is 2. The lowest BCUT2D eigenvalue weighted by molar-refractivity contribution is -0.0139. The quantitative estimate of drug-likeness (QED) is 0.0823. The molecule has 24 heteroatoms. The van der Waals surface area contributed by atoms with Crippen LogP contribution in [-0.4, -0.2) is 138 Å². The molecule has 22 nitrogen and oxygen atoms in total. The molecule has 0 radical (unpaired) electrons. The maximum absolute atomic E-state index is 16.4. The summed E-state index contributed by atoms with van der Waals surface area (Å²) in [6.45, 7) is 9.17. The topological polar surface area (TPSA) is 269 Å². The number of H-pyrrole nitrogens is 1. The van der Waals surface area contributed by atoms with Crippen LogP contribution in [0.2, 0.25) is 0 Å². The van der Waals surface area contributed by atoms with Crippen molar-refractivity contribution in [2.75, 3.05) is 53.2 Å². The zero-order valence-electron chi connectivity index (χ0n) is 44.3. The first-order valence-corrected chi connectivity index (χ1v) is 27.4. The van der Waals surface area contributed by atoms with Gasteiger partial charge < -0.3 is 44.2 Å². The van der Waals surface area contributed by atoms with E-state index in [2.05, 4.69) is 25.0 Å². The molecule has 3 heterocycles. The van der Waals surface area contributed by atoms with Gasteiger partial charge in [0.1, 0.15) is 38.2 Å². The first-order chi connectivity index (χ1) is 36.4. The Balaban J connectivity index is 1.34. The zero-order valence-corrected chi connectivity index (χ0v) is 45.9. The van der Waals surface area contributed by atoms with Crippen LogP contribution in [0.3, 0.4) is 0 Å². The van der Waals surface area contributed by atoms with Crippen molar-refractivity contribution in [3.05, 3.63) is 120 Å². The molecule has 2 amide bonds. The molecule has 0 spiro atoms. The van der Waals surface area contributed by atoms with Crippen molar-refractivity contribution in [1.82, 2.24) is 49.0 Å². The van der Waals surface area contributed by atoms with Crippen molar-refractivity contribution >= 4 is 49.2 Å². The summed E-state index contributed by atoms with van der Waals surface area (Å²) in [6, 6.07) is 27.5. The van der Waals surface area contributed by atoms with Crippen LogP contribution in [0.1, 0.15) is 58.2 Å². The summed E-state index contributed by atoms with van der Waals surface area (Å²) in [5.41, 5.74) is 7.42. The van der Waals surface area contributed by atoms with Crippen LogP contribution in [0.25, 0.3) is 33.5 Å². The number of carbonyl (C=O) groups is 2. The number of rotatable bonds is 17. The minimum Gasteiger partial charge on any atom is -0.497 e. The SMILES string of the molecule is COc1ccc(CN(Cc2ccc(OC)cc2)S(=O)(=O)c2c(S(=O)(=O)NC[C@H]3CN(C(=O)OC(C)(C)C)CCN3C(=O)OC(C)(C)C)ccc(-c3cccc4[nH]c(N)nc34)c2-c2nnn(Cc3ccc(OC)cc3)n2)cc1. The molecule has 0 bridgehead atoms. The highest BCUT2D eigenvalue weighted by Gasteiger charge is 2.41. The van der Waals surface area contributed by atoms with E-state index in [0.29, 0.717) is 45.0 Å². The van der Waals surface area contributed by atoms with Crippen molar-refractivity contribution in [3.8, 4) is 39.8 Å². The van der Waals surface area contributed by atoms with E-state index in [4.69, 9.17) is 34.5 Å². The largest absolute Gasteiger partial charge is 0.497 e. The monoisotopic (exact) mass is 1090 g/mol. The average molecular weight is 1090 g/mol. The van der Waals surface area contributed by atoms with Crippen LogP contribution in [0.4, 0.5) is 15.5 Å². The summed E-state index contributed by atoms with van der Waals surface area (Å²) in [5.74, 6) is 1.52. The van der Waals surface area contributed by atoms with Gasteiger partial charge in [-0.2, -0.15) is 9.10 Å². The molecule has 1 fully saturated rings. The highest BCUT2D eigenvalue weighted by Crippen LogP contribution is 2.43. The van der Waals surface area contributed by atoms with Gasteiger partial charge in [-0.3, -0.25) is 0 Å². The van der Waals surface area contributed by atoms with Crippen LogP contribution in [0, 0.1) is 0 Å². The van der Waals surface area contributed by atoms with Gasteiger partial charge >= 0.3 is 12.2 Å². The van der Waals surface area contributed by atoms with Crippen LogP contribution in [-0.2, 0) is 49.2 Å². The van der Waals surface area contributed by atoms with Crippen LogP contribution in [0.5, 0.6) is 17.2 Å². The molecule has 4 N–H and O–H groups in total. The van der Waals surface area contributed by atoms with E-state index in [1.165, 1.54) is 40.9 Å². The Kier molecular flexibility index (Phi) is 16.1. The normalized spacial score (nSPS) is 14.4. The molecular formula is C53H63N11O11S2. The number of anilines is 1. The van der Waals surface area contributed by atoms with Gasteiger partial charge in [-0.05, 0) is 118 Å². The number of imidazole rings is 1. The van der Waals surface area contributed by atoms with Crippen LogP contribution >= 0.6 is 0 Å². The fraction of sp³-hybridized carbons (Fsp3) is 0.358. The number of benzene rings is 5. The second kappa shape index (κ2) is 22.4. The van der Waals surface area contributed by atoms with E-state index < -0.39 is 65.8 Å². The van der Waals surface area contributed by atoms with Crippen LogP contribution < -0.4 is 24.7 Å². The number of tetrazole rings is 1. The third kappa shape index (κ3) is 13.1. The molecule has 7 aromatic rings. The Bertz CT molecular complexity index is 3420. The maximum atomic E-state index is 16.4. The van der Waals surface area contributed by atoms with Gasteiger partial charge in [0.25, 0.3) is 0 Å². The molecule has 77 heavy (non-hydrogen) atoms. The number of methoxy groups -OCH3 is 3. The lowest BCUT2D eigenvalue weighted by atomic mass is 9.98. The highest BCUT2D eigenvalue weighted by molar-refractivity contribution is 7.92. The molecule has 0 unspecified atom stereocenters. The molecule has 408 valence electrons. The van der Waals surface area contributed by atoms with E-state index in [9.17, 15) is 9.59 Å². The van der Waals surface area contributed by atoms with Crippen molar-refractivity contribution < 1.29 is 50.1 Å². The highest BCUT2D eigenvalue weighted by atomic mass is 32.2. The third-order valence-corrected chi connectivity index (χ3v) is 15.8. The van der Waals surface area contributed by atoms with Gasteiger partial charge in [-0.25, -0.2) is 36.1 Å². The number of ether oxygens (including phenoxy) is 5. The molecule has 8 rings (SSSR count). The van der Waals surface area contributed by atoms with E-state index in [-0.39, 0.29) is 62.2 Å². The summed E-state index contributed by atoms with van der Waals surface area (Å²) in [7, 11) is -5.47. The predicted octanol–water partition coefficient (Wildman–Crippen LogP) is 7.07. The zero-order chi connectivity index (χ0) is 55.5. The number of hydrogen-bond donors (Lipinski definition) is 3. The number of fused-ring (bicyclic) bond motifs is 1. The van der Waals surface area contributed by atoms with E-state index >= 15 is 16.8 Å². The van der Waals surface area contributed by atoms with Crippen molar-refractivity contribution in [1.29, 1.82) is 0 Å². The van der Waals surface area contributed by atoms with Crippen molar-refractivity contribution in [3.63, 3.8) is 0 Å². The van der Waals surface area contributed by atoms with Gasteiger partial charge in [0.2, 0.25) is 25.9 Å². The van der Waals surface area contributed by atoms with Gasteiger partial charge in [0.15, 0.2) is 5.95 Å². The number of nitrogens with one attached hydrogen (secondary N) is 2. The molecule has 1 aliphatic heterocycles. The molecule has 2 aromatic heterocycles. The number of nitrogens with zero attached hydrogens (tertiary/aromatic N) is 8. The van der Waals surface area contributed by atoms with E-state index in [0.717, 1.165) is 9.87 Å². The fourth-order valence-corrected chi connectivity index (χ4v) is 12.1. The average Bonchev–Trinajstić information content (AvgIpc) is 4.03. The Morgan fingerprint density at radius 1 is 0.727 bits per heavy atom. The number of aromatic amines is 1. The van der Waals surface area contributed by atoms with Crippen LogP contribution in [0.15, 0.2) is 113 Å². The fourth-order valence-electron chi connectivity index (χ4n) is 8.64. The second-order valence-corrected chi connectivity index (χ2v) is 23.8. The number of para-hydroxylation sites is 1. The minimum absolute atomic E-state index is 0.0359. The molecular weight excluding hydrogens is 1030 g/mol. The lowest BCUT2D eigenvalue weighted by Crippen LogP contribution is -2.60. The first-order valence-electron chi connectivity index (χ1n) is 24.5. The molecule has 0 saturated carbocycles. The summed E-state index contributed by atoms with van der Waals surface area (Å²) in [5, 5.41) is 13.6. The second-order valence-electron chi connectivity index (χ2n) is 20.2. The Hall–Kier alpha value is -7.80. The molecule has 0 aliphatic carbocycles. The van der Waals surface area contributed by atoms with Crippen molar-refractivity contribution in [2.24, 2.45) is 0 Å². The first kappa shape index (κ1) is 55.4. The standard InChI is InChI=1S/C53H63N11O11S2/c1-52(2,3)74-50(65)61-27-28-63(51(66)75-53(4,5)6)37(33-61)29-55-76(67,68)44-26-25-41(42-11-10-12-43-46(42)57-49(54)56-43)45(48-58-60-64(59-48)32-36-17-23-40(73-9)24-18-36)47(44)77(69,70)62(30-34-13-19-38(71-7)20-14-34)31-35-15-21-39(72-8)22-16-35/h10-26,37,55H,27-33H2,1-9H3,(H3,54,56,57)/t37-/m0/s1. The molecule has 1 atom stereocenters. The molecule has 5 aromatic carbocycles. The number of carbonyl (C=O) groups excluding carboxylic acids is 2. The number of amides is 2. The summed E-state index contributed by atoms with van der Waals surface area (Å²) >= 11 is 0. The Morgan fingerprint density at radius 3 is 1.84 bits per heavy atom. The minimum atomic E-state index is -5.07. The summed E-state index contributed by atoms with van der Waals surface area (Å²) < 4.78 is 95.2. The van der Waals surface area contributed by atoms with Gasteiger partial charge in [-0.1, -0.05) is 54.6 Å². The van der Waals surface area contributed by atoms with E-state index in [1.54, 1.807) is 128 Å². The number of hydrogen-bond acceptors (Lipinski definition) is 16. The smallest absolute Gasteiger partial charge is 0.410 e. The number of piperazine rings is 1. The Morgan fingerprint density at radius 2 is 1.29 bits per heavy atom. The third-order valence-electron chi connectivity index (χ3n) is 12.3. The predicted molar refractivity (Wildman–Crippen MR) is 287 cm³/mol. The number of nitrogen functional groups attached to an aromatic ring is 1. The molecule has 1 aliphatic rings.